The molecule has 0 bridgehead atoms. The number of hydrogen-bond acceptors (Lipinski definition) is 1. The van der Waals surface area contributed by atoms with Gasteiger partial charge in [0.2, 0.25) is 0 Å². The van der Waals surface area contributed by atoms with Crippen LogP contribution in [0.5, 0.6) is 0 Å². The molecular formula is C36H23F3S. The maximum absolute atomic E-state index is 13.4. The Bertz CT molecular complexity index is 2050. The predicted octanol–water partition coefficient (Wildman–Crippen LogP) is 11.5. The maximum Gasteiger partial charge on any atom is 0.416 e. The van der Waals surface area contributed by atoms with Crippen molar-refractivity contribution >= 4 is 42.3 Å². The molecule has 0 saturated carbocycles. The van der Waals surface area contributed by atoms with E-state index in [-0.39, 0.29) is 0 Å². The molecule has 0 radical (unpaired) electrons. The smallest absolute Gasteiger partial charge is 0.166 e. The van der Waals surface area contributed by atoms with Crippen LogP contribution in [0.25, 0.3) is 64.3 Å². The normalized spacial score (nSPS) is 12.0. The first-order chi connectivity index (χ1) is 19.3. The van der Waals surface area contributed by atoms with E-state index in [0.717, 1.165) is 27.5 Å². The molecule has 40 heavy (non-hydrogen) atoms. The number of thiophene rings is 1. The van der Waals surface area contributed by atoms with Crippen molar-refractivity contribution in [2.75, 3.05) is 0 Å². The van der Waals surface area contributed by atoms with Gasteiger partial charge in [0.1, 0.15) is 0 Å². The molecule has 0 amide bonds. The highest BCUT2D eigenvalue weighted by Gasteiger charge is 2.31. The first-order valence-electron chi connectivity index (χ1n) is 13.1. The second-order valence-corrected chi connectivity index (χ2v) is 11.3. The molecule has 0 aliphatic rings. The van der Waals surface area contributed by atoms with Crippen LogP contribution in [0.3, 0.4) is 0 Å². The first kappa shape index (κ1) is 24.6. The van der Waals surface area contributed by atoms with E-state index in [9.17, 15) is 13.2 Å². The summed E-state index contributed by atoms with van der Waals surface area (Å²) in [5.74, 6) is 0. The van der Waals surface area contributed by atoms with E-state index < -0.39 is 11.7 Å². The van der Waals surface area contributed by atoms with Gasteiger partial charge >= 0.3 is 6.18 Å². The average molecular weight is 545 g/mol. The van der Waals surface area contributed by atoms with Crippen LogP contribution >= 0.6 is 11.3 Å². The molecule has 4 heteroatoms. The molecule has 0 fully saturated rings. The van der Waals surface area contributed by atoms with Crippen molar-refractivity contribution in [2.45, 2.75) is 13.1 Å². The summed E-state index contributed by atoms with van der Waals surface area (Å²) in [5.41, 5.74) is 5.95. The number of hydrogen-bond donors (Lipinski definition) is 0. The largest absolute Gasteiger partial charge is 0.416 e. The Kier molecular flexibility index (Phi) is 5.76. The third kappa shape index (κ3) is 4.35. The zero-order valence-corrected chi connectivity index (χ0v) is 22.4. The maximum atomic E-state index is 13.4. The Balaban J connectivity index is 1.22. The fourth-order valence-corrected chi connectivity index (χ4v) is 6.77. The minimum atomic E-state index is -4.37. The fourth-order valence-electron chi connectivity index (χ4n) is 5.54. The average Bonchev–Trinajstić information content (AvgIpc) is 3.35. The van der Waals surface area contributed by atoms with Crippen LogP contribution in [0.4, 0.5) is 13.2 Å². The zero-order chi connectivity index (χ0) is 27.4. The van der Waals surface area contributed by atoms with Crippen molar-refractivity contribution in [3.63, 3.8) is 0 Å². The summed E-state index contributed by atoms with van der Waals surface area (Å²) in [6, 6.07) is 40.0. The van der Waals surface area contributed by atoms with Crippen molar-refractivity contribution in [3.05, 3.63) is 132 Å². The quantitative estimate of drug-likeness (QED) is 0.208. The van der Waals surface area contributed by atoms with Crippen molar-refractivity contribution in [1.82, 2.24) is 0 Å². The fraction of sp³-hybridized carbons (Fsp3) is 0.0556. The van der Waals surface area contributed by atoms with Crippen LogP contribution in [0.15, 0.2) is 121 Å². The monoisotopic (exact) mass is 544 g/mol. The molecule has 0 unspecified atom stereocenters. The molecular weight excluding hydrogens is 521 g/mol. The summed E-state index contributed by atoms with van der Waals surface area (Å²) in [5, 5.41) is 4.62. The van der Waals surface area contributed by atoms with Crippen molar-refractivity contribution < 1.29 is 13.2 Å². The summed E-state index contributed by atoms with van der Waals surface area (Å²) in [7, 11) is 0. The lowest BCUT2D eigenvalue weighted by Crippen LogP contribution is -2.05. The molecule has 0 aliphatic carbocycles. The van der Waals surface area contributed by atoms with Gasteiger partial charge in [-0.05, 0) is 87.0 Å². The molecule has 1 aromatic heterocycles. The Morgan fingerprint density at radius 1 is 0.525 bits per heavy atom. The van der Waals surface area contributed by atoms with E-state index in [1.165, 1.54) is 43.4 Å². The summed E-state index contributed by atoms with van der Waals surface area (Å²) in [4.78, 5) is 0. The highest BCUT2D eigenvalue weighted by Crippen LogP contribution is 2.40. The number of alkyl halides is 3. The molecule has 0 nitrogen and oxygen atoms in total. The minimum absolute atomic E-state index is 0.572. The zero-order valence-electron chi connectivity index (χ0n) is 21.6. The SMILES string of the molecule is Cc1cc(-c2ccc3cc(-c4ccc(-c5cccc6c5sc5ccccc56)cc4)ccc3c2)cc(C(F)(F)F)c1. The number of halogens is 3. The van der Waals surface area contributed by atoms with Gasteiger partial charge in [-0.2, -0.15) is 13.2 Å². The lowest BCUT2D eigenvalue weighted by atomic mass is 9.95. The summed E-state index contributed by atoms with van der Waals surface area (Å²) in [6.45, 7) is 1.69. The number of benzene rings is 6. The molecule has 7 aromatic rings. The van der Waals surface area contributed by atoms with E-state index in [2.05, 4.69) is 78.9 Å². The van der Waals surface area contributed by atoms with E-state index in [1.54, 1.807) is 13.0 Å². The van der Waals surface area contributed by atoms with Gasteiger partial charge in [-0.25, -0.2) is 0 Å². The lowest BCUT2D eigenvalue weighted by molar-refractivity contribution is -0.137. The van der Waals surface area contributed by atoms with Crippen LogP contribution in [-0.2, 0) is 6.18 Å². The second kappa shape index (κ2) is 9.35. The molecule has 0 aliphatic heterocycles. The number of fused-ring (bicyclic) bond motifs is 4. The standard InChI is InChI=1S/C36H23F3S/c1-22-17-29(21-30(18-22)36(37,38)39)28-16-15-26-19-25(13-14-27(26)20-28)23-9-11-24(12-10-23)31-6-4-7-33-32-5-2-3-8-34(32)40-35(31)33/h2-21H,1H3. The van der Waals surface area contributed by atoms with Crippen molar-refractivity contribution in [2.24, 2.45) is 0 Å². The number of rotatable bonds is 3. The van der Waals surface area contributed by atoms with Gasteiger partial charge in [0.05, 0.1) is 5.56 Å². The van der Waals surface area contributed by atoms with E-state index in [1.807, 2.05) is 35.6 Å². The minimum Gasteiger partial charge on any atom is -0.166 e. The summed E-state index contributed by atoms with van der Waals surface area (Å²) in [6.07, 6.45) is -4.37. The highest BCUT2D eigenvalue weighted by atomic mass is 32.1. The lowest BCUT2D eigenvalue weighted by Gasteiger charge is -2.12. The van der Waals surface area contributed by atoms with Crippen molar-refractivity contribution in [1.29, 1.82) is 0 Å². The molecule has 0 saturated heterocycles. The molecule has 6 aromatic carbocycles. The van der Waals surface area contributed by atoms with Gasteiger partial charge < -0.3 is 0 Å². The molecule has 0 N–H and O–H groups in total. The van der Waals surface area contributed by atoms with Gasteiger partial charge in [0.15, 0.2) is 0 Å². The van der Waals surface area contributed by atoms with E-state index >= 15 is 0 Å². The Labute approximate surface area is 234 Å². The van der Waals surface area contributed by atoms with Crippen LogP contribution < -0.4 is 0 Å². The Hall–Kier alpha value is -4.41. The predicted molar refractivity (Wildman–Crippen MR) is 163 cm³/mol. The Morgan fingerprint density at radius 3 is 1.88 bits per heavy atom. The van der Waals surface area contributed by atoms with Crippen LogP contribution in [0, 0.1) is 6.92 Å². The van der Waals surface area contributed by atoms with Crippen LogP contribution in [0.2, 0.25) is 0 Å². The molecule has 1 heterocycles. The van der Waals surface area contributed by atoms with Crippen LogP contribution in [-0.4, -0.2) is 0 Å². The van der Waals surface area contributed by atoms with E-state index in [4.69, 9.17) is 0 Å². The van der Waals surface area contributed by atoms with Gasteiger partial charge in [0, 0.05) is 20.2 Å². The van der Waals surface area contributed by atoms with E-state index in [0.29, 0.717) is 11.1 Å². The van der Waals surface area contributed by atoms with Gasteiger partial charge in [-0.3, -0.25) is 0 Å². The summed E-state index contributed by atoms with van der Waals surface area (Å²) >= 11 is 1.83. The van der Waals surface area contributed by atoms with Crippen LogP contribution in [0.1, 0.15) is 11.1 Å². The second-order valence-electron chi connectivity index (χ2n) is 10.2. The number of aryl methyl sites for hydroxylation is 1. The first-order valence-corrected chi connectivity index (χ1v) is 13.9. The molecule has 0 spiro atoms. The van der Waals surface area contributed by atoms with Gasteiger partial charge in [0.25, 0.3) is 0 Å². The van der Waals surface area contributed by atoms with Gasteiger partial charge in [-0.1, -0.05) is 91.0 Å². The molecule has 194 valence electrons. The highest BCUT2D eigenvalue weighted by molar-refractivity contribution is 7.26. The van der Waals surface area contributed by atoms with Gasteiger partial charge in [-0.15, -0.1) is 11.3 Å². The third-order valence-corrected chi connectivity index (χ3v) is 8.73. The molecule has 7 rings (SSSR count). The third-order valence-electron chi connectivity index (χ3n) is 7.51. The summed E-state index contributed by atoms with van der Waals surface area (Å²) < 4.78 is 42.7. The van der Waals surface area contributed by atoms with Crippen molar-refractivity contribution in [3.8, 4) is 33.4 Å². The molecule has 0 atom stereocenters. The topological polar surface area (TPSA) is 0 Å². The Morgan fingerprint density at radius 2 is 1.15 bits per heavy atom.